The van der Waals surface area contributed by atoms with Gasteiger partial charge in [-0.3, -0.25) is 0 Å². The van der Waals surface area contributed by atoms with Crippen LogP contribution >= 0.6 is 11.3 Å². The molecule has 7 heteroatoms. The SMILES string of the molecule is Cc1sc(CCNS(N)(=O)=O)nc1-c1ccccc1. The van der Waals surface area contributed by atoms with Crippen molar-refractivity contribution in [3.63, 3.8) is 0 Å². The molecule has 5 nitrogen and oxygen atoms in total. The van der Waals surface area contributed by atoms with Gasteiger partial charge in [-0.15, -0.1) is 11.3 Å². The lowest BCUT2D eigenvalue weighted by atomic mass is 10.1. The molecule has 2 aromatic rings. The Bertz CT molecular complexity index is 651. The first-order valence-corrected chi connectivity index (χ1v) is 8.11. The van der Waals surface area contributed by atoms with Crippen molar-refractivity contribution in [3.05, 3.63) is 40.2 Å². The van der Waals surface area contributed by atoms with Gasteiger partial charge in [0.2, 0.25) is 0 Å². The maximum Gasteiger partial charge on any atom is 0.274 e. The summed E-state index contributed by atoms with van der Waals surface area (Å²) in [5, 5.41) is 5.77. The summed E-state index contributed by atoms with van der Waals surface area (Å²) < 4.78 is 23.8. The maximum atomic E-state index is 10.8. The highest BCUT2D eigenvalue weighted by Gasteiger charge is 2.10. The van der Waals surface area contributed by atoms with Crippen LogP contribution in [0.1, 0.15) is 9.88 Å². The highest BCUT2D eigenvalue weighted by Crippen LogP contribution is 2.27. The lowest BCUT2D eigenvalue weighted by Gasteiger charge is -1.99. The van der Waals surface area contributed by atoms with E-state index in [1.807, 2.05) is 37.3 Å². The van der Waals surface area contributed by atoms with Gasteiger partial charge in [-0.2, -0.15) is 8.42 Å². The van der Waals surface area contributed by atoms with E-state index in [2.05, 4.69) is 9.71 Å². The van der Waals surface area contributed by atoms with Crippen LogP contribution in [0.4, 0.5) is 0 Å². The number of nitrogens with two attached hydrogens (primary N) is 1. The predicted molar refractivity (Wildman–Crippen MR) is 77.1 cm³/mol. The number of rotatable bonds is 5. The Morgan fingerprint density at radius 3 is 2.63 bits per heavy atom. The van der Waals surface area contributed by atoms with Crippen molar-refractivity contribution < 1.29 is 8.42 Å². The maximum absolute atomic E-state index is 10.8. The van der Waals surface area contributed by atoms with Gasteiger partial charge in [-0.1, -0.05) is 30.3 Å². The summed E-state index contributed by atoms with van der Waals surface area (Å²) in [7, 11) is -3.62. The first kappa shape index (κ1) is 14.1. The molecule has 0 aliphatic rings. The Morgan fingerprint density at radius 1 is 1.32 bits per heavy atom. The quantitative estimate of drug-likeness (QED) is 0.876. The zero-order chi connectivity index (χ0) is 13.9. The summed E-state index contributed by atoms with van der Waals surface area (Å²) in [5.41, 5.74) is 2.03. The van der Waals surface area contributed by atoms with Crippen molar-refractivity contribution >= 4 is 21.5 Å². The number of hydrogen-bond donors (Lipinski definition) is 2. The largest absolute Gasteiger partial charge is 0.274 e. The molecule has 0 unspecified atom stereocenters. The van der Waals surface area contributed by atoms with Gasteiger partial charge in [0.25, 0.3) is 10.2 Å². The highest BCUT2D eigenvalue weighted by atomic mass is 32.2. The van der Waals surface area contributed by atoms with Crippen LogP contribution < -0.4 is 9.86 Å². The van der Waals surface area contributed by atoms with Gasteiger partial charge in [0, 0.05) is 23.4 Å². The van der Waals surface area contributed by atoms with E-state index in [1.165, 1.54) is 0 Å². The van der Waals surface area contributed by atoms with E-state index in [4.69, 9.17) is 5.14 Å². The second kappa shape index (κ2) is 5.79. The van der Waals surface area contributed by atoms with Crippen molar-refractivity contribution in [3.8, 4) is 11.3 Å². The van der Waals surface area contributed by atoms with E-state index >= 15 is 0 Å². The number of nitrogens with one attached hydrogen (secondary N) is 1. The van der Waals surface area contributed by atoms with Crippen LogP contribution in [0, 0.1) is 6.92 Å². The molecule has 19 heavy (non-hydrogen) atoms. The Morgan fingerprint density at radius 2 is 2.00 bits per heavy atom. The first-order chi connectivity index (χ1) is 8.96. The van der Waals surface area contributed by atoms with Gasteiger partial charge in [0.05, 0.1) is 10.7 Å². The third-order valence-corrected chi connectivity index (χ3v) is 4.17. The number of aromatic nitrogens is 1. The molecule has 1 aromatic heterocycles. The van der Waals surface area contributed by atoms with Crippen LogP contribution in [0.25, 0.3) is 11.3 Å². The normalized spacial score (nSPS) is 11.7. The topological polar surface area (TPSA) is 85.1 Å². The Kier molecular flexibility index (Phi) is 4.31. The van der Waals surface area contributed by atoms with Gasteiger partial charge in [-0.25, -0.2) is 14.8 Å². The molecule has 0 fully saturated rings. The number of hydrogen-bond acceptors (Lipinski definition) is 4. The summed E-state index contributed by atoms with van der Waals surface area (Å²) in [4.78, 5) is 5.66. The second-order valence-electron chi connectivity index (χ2n) is 4.07. The first-order valence-electron chi connectivity index (χ1n) is 5.75. The molecule has 0 radical (unpaired) electrons. The zero-order valence-electron chi connectivity index (χ0n) is 10.5. The summed E-state index contributed by atoms with van der Waals surface area (Å²) in [6, 6.07) is 9.91. The lowest BCUT2D eigenvalue weighted by molar-refractivity contribution is 0.583. The Labute approximate surface area is 116 Å². The molecule has 0 amide bonds. The smallest absolute Gasteiger partial charge is 0.241 e. The van der Waals surface area contributed by atoms with E-state index < -0.39 is 10.2 Å². The molecule has 0 aliphatic carbocycles. The Balaban J connectivity index is 2.09. The molecule has 102 valence electrons. The zero-order valence-corrected chi connectivity index (χ0v) is 12.1. The summed E-state index contributed by atoms with van der Waals surface area (Å²) in [6.07, 6.45) is 0.536. The number of nitrogens with zero attached hydrogens (tertiary/aromatic N) is 1. The fourth-order valence-electron chi connectivity index (χ4n) is 1.72. The molecule has 2 rings (SSSR count). The van der Waals surface area contributed by atoms with Gasteiger partial charge in [-0.05, 0) is 6.92 Å². The van der Waals surface area contributed by atoms with Crippen molar-refractivity contribution in [1.82, 2.24) is 9.71 Å². The third kappa shape index (κ3) is 4.10. The van der Waals surface area contributed by atoms with Crippen LogP contribution in [0.5, 0.6) is 0 Å². The molecule has 0 aliphatic heterocycles. The molecular weight excluding hydrogens is 282 g/mol. The van der Waals surface area contributed by atoms with E-state index in [0.29, 0.717) is 6.42 Å². The molecule has 1 aromatic carbocycles. The molecule has 0 saturated carbocycles. The second-order valence-corrected chi connectivity index (χ2v) is 6.73. The highest BCUT2D eigenvalue weighted by molar-refractivity contribution is 7.87. The predicted octanol–water partition coefficient (Wildman–Crippen LogP) is 1.45. The number of thiazole rings is 1. The minimum atomic E-state index is -3.62. The van der Waals surface area contributed by atoms with Crippen LogP contribution in [0.2, 0.25) is 0 Å². The van der Waals surface area contributed by atoms with Crippen molar-refractivity contribution in [2.45, 2.75) is 13.3 Å². The van der Waals surface area contributed by atoms with Gasteiger partial charge >= 0.3 is 0 Å². The molecule has 1 heterocycles. The number of aryl methyl sites for hydroxylation is 1. The van der Waals surface area contributed by atoms with E-state index in [0.717, 1.165) is 21.1 Å². The summed E-state index contributed by atoms with van der Waals surface area (Å²) in [6.45, 7) is 2.27. The van der Waals surface area contributed by atoms with Crippen molar-refractivity contribution in [2.24, 2.45) is 5.14 Å². The Hall–Kier alpha value is -1.28. The molecular formula is C12H15N3O2S2. The fraction of sp³-hybridized carbons (Fsp3) is 0.250. The minimum absolute atomic E-state index is 0.264. The van der Waals surface area contributed by atoms with E-state index in [-0.39, 0.29) is 6.54 Å². The van der Waals surface area contributed by atoms with Gasteiger partial charge in [0.1, 0.15) is 0 Å². The summed E-state index contributed by atoms with van der Waals surface area (Å²) >= 11 is 1.57. The van der Waals surface area contributed by atoms with Crippen LogP contribution in [0.15, 0.2) is 30.3 Å². The molecule has 0 bridgehead atoms. The molecule has 0 spiro atoms. The van der Waals surface area contributed by atoms with Crippen LogP contribution in [-0.2, 0) is 16.6 Å². The van der Waals surface area contributed by atoms with Crippen molar-refractivity contribution in [1.29, 1.82) is 0 Å². The minimum Gasteiger partial charge on any atom is -0.241 e. The van der Waals surface area contributed by atoms with Crippen molar-refractivity contribution in [2.75, 3.05) is 6.54 Å². The molecule has 3 N–H and O–H groups in total. The van der Waals surface area contributed by atoms with Crippen LogP contribution in [0.3, 0.4) is 0 Å². The van der Waals surface area contributed by atoms with E-state index in [1.54, 1.807) is 11.3 Å². The van der Waals surface area contributed by atoms with E-state index in [9.17, 15) is 8.42 Å². The number of benzene rings is 1. The summed E-state index contributed by atoms with van der Waals surface area (Å²) in [5.74, 6) is 0. The lowest BCUT2D eigenvalue weighted by Crippen LogP contribution is -2.32. The average molecular weight is 297 g/mol. The van der Waals surface area contributed by atoms with Gasteiger partial charge in [0.15, 0.2) is 0 Å². The molecule has 0 atom stereocenters. The third-order valence-electron chi connectivity index (χ3n) is 2.53. The fourth-order valence-corrected chi connectivity index (χ4v) is 3.06. The average Bonchev–Trinajstić information content (AvgIpc) is 2.70. The molecule has 0 saturated heterocycles. The van der Waals surface area contributed by atoms with Gasteiger partial charge < -0.3 is 0 Å². The standard InChI is InChI=1S/C12H15N3O2S2/c1-9-12(10-5-3-2-4-6-10)15-11(18-9)7-8-14-19(13,16)17/h2-6,14H,7-8H2,1H3,(H2,13,16,17). The monoisotopic (exact) mass is 297 g/mol. The van der Waals surface area contributed by atoms with Crippen LogP contribution in [-0.4, -0.2) is 19.9 Å².